The molecule has 0 saturated heterocycles. The molecule has 0 spiro atoms. The molecule has 6 aromatic carbocycles. The van der Waals surface area contributed by atoms with Gasteiger partial charge in [-0.25, -0.2) is 0 Å². The van der Waals surface area contributed by atoms with E-state index in [1.165, 1.54) is 53.1 Å². The number of nitrogens with zero attached hydrogens (tertiary/aromatic N) is 2. The average Bonchev–Trinajstić information content (AvgIpc) is 3.61. The van der Waals surface area contributed by atoms with Gasteiger partial charge in [-0.2, -0.15) is 0 Å². The van der Waals surface area contributed by atoms with Crippen LogP contribution in [0.3, 0.4) is 0 Å². The number of hydrogen-bond donors (Lipinski definition) is 1. The number of hydrogen-bond acceptors (Lipinski definition) is 3. The maximum atomic E-state index is 5.22. The molecule has 0 aliphatic carbocycles. The first-order chi connectivity index (χ1) is 20.8. The number of benzene rings is 6. The molecular formula is C38H25N3S. The van der Waals surface area contributed by atoms with E-state index < -0.39 is 0 Å². The van der Waals surface area contributed by atoms with E-state index in [2.05, 4.69) is 149 Å². The third-order valence-electron chi connectivity index (χ3n) is 8.46. The van der Waals surface area contributed by atoms with Gasteiger partial charge in [0.1, 0.15) is 11.9 Å². The standard InChI is InChI=1S/C38H25N3S/c1-2-10-24(11-3-1)35-31-14-4-7-15-32(31)39-38(40-35)25-18-20-26(21-19-25)41-33-16-8-5-12-27(33)29-22-23-30-28-13-6-9-17-34(28)42-37(30)36(29)41/h1-23,35H,(H,39,40). The van der Waals surface area contributed by atoms with Gasteiger partial charge in [0.05, 0.1) is 15.7 Å². The fourth-order valence-electron chi connectivity index (χ4n) is 6.51. The van der Waals surface area contributed by atoms with Crippen molar-refractivity contribution in [3.63, 3.8) is 0 Å². The Labute approximate surface area is 247 Å². The van der Waals surface area contributed by atoms with Gasteiger partial charge in [-0.1, -0.05) is 97.1 Å². The Hall–Kier alpha value is -5.19. The molecule has 198 valence electrons. The lowest BCUT2D eigenvalue weighted by atomic mass is 9.95. The van der Waals surface area contributed by atoms with Crippen LogP contribution >= 0.6 is 11.3 Å². The van der Waals surface area contributed by atoms with Gasteiger partial charge in [0.25, 0.3) is 0 Å². The SMILES string of the molecule is c1ccc(C2N=C(c3ccc(-n4c5ccccc5c5ccc6c7ccccc7sc6c54)cc3)Nc3ccccc32)cc1. The monoisotopic (exact) mass is 555 g/mol. The summed E-state index contributed by atoms with van der Waals surface area (Å²) in [6.07, 6.45) is 0. The first-order valence-electron chi connectivity index (χ1n) is 14.3. The molecule has 0 fully saturated rings. The quantitative estimate of drug-likeness (QED) is 0.231. The van der Waals surface area contributed by atoms with Crippen molar-refractivity contribution in [3.8, 4) is 5.69 Å². The Kier molecular flexibility index (Phi) is 5.13. The Balaban J connectivity index is 1.21. The summed E-state index contributed by atoms with van der Waals surface area (Å²) in [6.45, 7) is 0. The number of aliphatic imine (C=N–C) groups is 1. The highest BCUT2D eigenvalue weighted by atomic mass is 32.1. The fourth-order valence-corrected chi connectivity index (χ4v) is 7.75. The van der Waals surface area contributed by atoms with Crippen molar-refractivity contribution in [1.29, 1.82) is 0 Å². The molecule has 4 heteroatoms. The van der Waals surface area contributed by atoms with Crippen LogP contribution in [0.4, 0.5) is 5.69 Å². The van der Waals surface area contributed by atoms with Crippen LogP contribution in [-0.2, 0) is 0 Å². The highest BCUT2D eigenvalue weighted by Gasteiger charge is 2.23. The smallest absolute Gasteiger partial charge is 0.133 e. The van der Waals surface area contributed by atoms with E-state index in [4.69, 9.17) is 4.99 Å². The van der Waals surface area contributed by atoms with Gasteiger partial charge in [-0.3, -0.25) is 4.99 Å². The molecule has 42 heavy (non-hydrogen) atoms. The second-order valence-electron chi connectivity index (χ2n) is 10.8. The number of para-hydroxylation sites is 2. The number of aromatic nitrogens is 1. The summed E-state index contributed by atoms with van der Waals surface area (Å²) in [5.74, 6) is 0.892. The van der Waals surface area contributed by atoms with Crippen LogP contribution in [0.2, 0.25) is 0 Å². The molecule has 2 aromatic heterocycles. The molecular weight excluding hydrogens is 531 g/mol. The van der Waals surface area contributed by atoms with Crippen LogP contribution in [0.1, 0.15) is 22.7 Å². The third kappa shape index (κ3) is 3.49. The van der Waals surface area contributed by atoms with Crippen LogP contribution in [0.15, 0.2) is 145 Å². The summed E-state index contributed by atoms with van der Waals surface area (Å²) in [5.41, 5.74) is 8.20. The van der Waals surface area contributed by atoms with Gasteiger partial charge in [0, 0.05) is 48.7 Å². The fraction of sp³-hybridized carbons (Fsp3) is 0.0263. The normalized spacial score (nSPS) is 14.8. The summed E-state index contributed by atoms with van der Waals surface area (Å²) < 4.78 is 5.08. The molecule has 1 aliphatic rings. The van der Waals surface area contributed by atoms with Crippen molar-refractivity contribution in [2.24, 2.45) is 4.99 Å². The van der Waals surface area contributed by atoms with Crippen molar-refractivity contribution in [3.05, 3.63) is 156 Å². The molecule has 1 atom stereocenters. The van der Waals surface area contributed by atoms with E-state index in [1.54, 1.807) is 0 Å². The molecule has 1 N–H and O–H groups in total. The van der Waals surface area contributed by atoms with Crippen LogP contribution in [0.5, 0.6) is 0 Å². The minimum Gasteiger partial charge on any atom is -0.340 e. The second-order valence-corrected chi connectivity index (χ2v) is 11.9. The van der Waals surface area contributed by atoms with Crippen LogP contribution in [-0.4, -0.2) is 10.4 Å². The Morgan fingerprint density at radius 2 is 1.31 bits per heavy atom. The van der Waals surface area contributed by atoms with Gasteiger partial charge in [0.2, 0.25) is 0 Å². The van der Waals surface area contributed by atoms with E-state index >= 15 is 0 Å². The third-order valence-corrected chi connectivity index (χ3v) is 9.65. The first kappa shape index (κ1) is 23.5. The topological polar surface area (TPSA) is 29.3 Å². The first-order valence-corrected chi connectivity index (χ1v) is 15.1. The van der Waals surface area contributed by atoms with E-state index in [0.29, 0.717) is 0 Å². The number of fused-ring (bicyclic) bond motifs is 8. The lowest BCUT2D eigenvalue weighted by molar-refractivity contribution is 0.863. The second kappa shape index (κ2) is 9.16. The average molecular weight is 556 g/mol. The molecule has 0 amide bonds. The molecule has 0 radical (unpaired) electrons. The van der Waals surface area contributed by atoms with Crippen LogP contribution in [0.25, 0.3) is 47.7 Å². The maximum absolute atomic E-state index is 5.22. The predicted octanol–water partition coefficient (Wildman–Crippen LogP) is 10.1. The minimum atomic E-state index is -0.0445. The Morgan fingerprint density at radius 3 is 2.19 bits per heavy atom. The molecule has 1 unspecified atom stereocenters. The molecule has 0 saturated carbocycles. The number of thiophene rings is 1. The van der Waals surface area contributed by atoms with Crippen molar-refractivity contribution in [2.45, 2.75) is 6.04 Å². The molecule has 1 aliphatic heterocycles. The van der Waals surface area contributed by atoms with E-state index in [0.717, 1.165) is 22.8 Å². The Bertz CT molecular complexity index is 2320. The van der Waals surface area contributed by atoms with Gasteiger partial charge >= 0.3 is 0 Å². The highest BCUT2D eigenvalue weighted by Crippen LogP contribution is 2.43. The van der Waals surface area contributed by atoms with E-state index in [9.17, 15) is 0 Å². The van der Waals surface area contributed by atoms with Gasteiger partial charge < -0.3 is 9.88 Å². The zero-order valence-electron chi connectivity index (χ0n) is 22.7. The van der Waals surface area contributed by atoms with Crippen molar-refractivity contribution < 1.29 is 0 Å². The zero-order valence-corrected chi connectivity index (χ0v) is 23.5. The van der Waals surface area contributed by atoms with E-state index in [-0.39, 0.29) is 6.04 Å². The maximum Gasteiger partial charge on any atom is 0.133 e. The summed E-state index contributed by atoms with van der Waals surface area (Å²) in [6, 6.07) is 49.9. The lowest BCUT2D eigenvalue weighted by Crippen LogP contribution is -2.22. The molecule has 8 aromatic rings. The lowest BCUT2D eigenvalue weighted by Gasteiger charge is -2.26. The molecule has 3 nitrogen and oxygen atoms in total. The van der Waals surface area contributed by atoms with E-state index in [1.807, 2.05) is 11.3 Å². The van der Waals surface area contributed by atoms with Crippen LogP contribution < -0.4 is 5.32 Å². The zero-order chi connectivity index (χ0) is 27.6. The summed E-state index contributed by atoms with van der Waals surface area (Å²) >= 11 is 1.88. The number of amidine groups is 1. The molecule has 3 heterocycles. The number of nitrogens with one attached hydrogen (secondary N) is 1. The summed E-state index contributed by atoms with van der Waals surface area (Å²) in [7, 11) is 0. The van der Waals surface area contributed by atoms with Gasteiger partial charge in [-0.05, 0) is 48.0 Å². The molecule has 9 rings (SSSR count). The summed E-state index contributed by atoms with van der Waals surface area (Å²) in [4.78, 5) is 5.22. The number of rotatable bonds is 3. The van der Waals surface area contributed by atoms with Crippen molar-refractivity contribution >= 4 is 64.8 Å². The summed E-state index contributed by atoms with van der Waals surface area (Å²) in [5, 5.41) is 8.81. The minimum absolute atomic E-state index is 0.0445. The predicted molar refractivity (Wildman–Crippen MR) is 179 cm³/mol. The van der Waals surface area contributed by atoms with Gasteiger partial charge in [-0.15, -0.1) is 11.3 Å². The van der Waals surface area contributed by atoms with Crippen molar-refractivity contribution in [2.75, 3.05) is 5.32 Å². The number of anilines is 1. The highest BCUT2D eigenvalue weighted by molar-refractivity contribution is 7.26. The van der Waals surface area contributed by atoms with Gasteiger partial charge in [0.15, 0.2) is 0 Å². The largest absolute Gasteiger partial charge is 0.340 e. The molecule has 0 bridgehead atoms. The van der Waals surface area contributed by atoms with Crippen molar-refractivity contribution in [1.82, 2.24) is 4.57 Å². The Morgan fingerprint density at radius 1 is 0.595 bits per heavy atom. The van der Waals surface area contributed by atoms with Crippen LogP contribution in [0, 0.1) is 0 Å².